The van der Waals surface area contributed by atoms with Crippen LogP contribution in [0.3, 0.4) is 0 Å². The average molecular weight is 591 g/mol. The first kappa shape index (κ1) is 30.1. The fourth-order valence-corrected chi connectivity index (χ4v) is 4.41. The predicted octanol–water partition coefficient (Wildman–Crippen LogP) is 3.67. The van der Waals surface area contributed by atoms with E-state index in [1.54, 1.807) is 19.1 Å². The van der Waals surface area contributed by atoms with Gasteiger partial charge < -0.3 is 19.5 Å². The van der Waals surface area contributed by atoms with Gasteiger partial charge in [0.1, 0.15) is 29.9 Å². The molecule has 41 heavy (non-hydrogen) atoms. The second-order valence-electron chi connectivity index (χ2n) is 9.46. The summed E-state index contributed by atoms with van der Waals surface area (Å²) < 4.78 is 58.4. The van der Waals surface area contributed by atoms with Crippen molar-refractivity contribution in [3.8, 4) is 17.3 Å². The molecule has 1 N–H and O–H groups in total. The van der Waals surface area contributed by atoms with Crippen LogP contribution in [0.15, 0.2) is 34.5 Å². The molecule has 1 saturated carbocycles. The zero-order valence-electron chi connectivity index (χ0n) is 23.1. The highest BCUT2D eigenvalue weighted by atomic mass is 32.2. The number of halogens is 3. The maximum absolute atomic E-state index is 13.8. The maximum atomic E-state index is 13.8. The van der Waals surface area contributed by atoms with E-state index in [0.29, 0.717) is 28.1 Å². The molecule has 0 saturated heterocycles. The van der Waals surface area contributed by atoms with E-state index < -0.39 is 23.4 Å². The van der Waals surface area contributed by atoms with Gasteiger partial charge in [-0.2, -0.15) is 13.2 Å². The fraction of sp³-hybridized carbons (Fsp3) is 0.423. The average Bonchev–Trinajstić information content (AvgIpc) is 3.80. The first-order valence-corrected chi connectivity index (χ1v) is 14.1. The minimum atomic E-state index is -4.58. The Morgan fingerprint density at radius 3 is 2.59 bits per heavy atom. The number of rotatable bonds is 10. The Bertz CT molecular complexity index is 1430. The molecular formula is C26H29F3N8O3S. The van der Waals surface area contributed by atoms with E-state index in [0.717, 1.165) is 24.7 Å². The molecule has 0 spiro atoms. The molecule has 3 heterocycles. The lowest BCUT2D eigenvalue weighted by molar-refractivity contribution is -0.144. The molecule has 0 bridgehead atoms. The van der Waals surface area contributed by atoms with E-state index in [1.165, 1.54) is 32.9 Å². The Labute approximate surface area is 237 Å². The van der Waals surface area contributed by atoms with Gasteiger partial charge in [-0.15, -0.1) is 0 Å². The normalized spacial score (nSPS) is 15.3. The number of aryl methyl sites for hydroxylation is 1. The van der Waals surface area contributed by atoms with E-state index in [4.69, 9.17) is 4.74 Å². The number of pyridine rings is 1. The van der Waals surface area contributed by atoms with Crippen LogP contribution in [0.4, 0.5) is 24.7 Å². The van der Waals surface area contributed by atoms with Crippen molar-refractivity contribution in [3.63, 3.8) is 0 Å². The van der Waals surface area contributed by atoms with E-state index in [-0.39, 0.29) is 47.2 Å². The monoisotopic (exact) mass is 590 g/mol. The number of hydrogen-bond acceptors (Lipinski definition) is 10. The Kier molecular flexibility index (Phi) is 9.07. The summed E-state index contributed by atoms with van der Waals surface area (Å²) in [6, 6.07) is 1.36. The molecule has 1 aliphatic rings. The summed E-state index contributed by atoms with van der Waals surface area (Å²) in [5.74, 6) is 0.137. The van der Waals surface area contributed by atoms with Crippen molar-refractivity contribution in [2.45, 2.75) is 56.3 Å². The second-order valence-corrected chi connectivity index (χ2v) is 10.8. The van der Waals surface area contributed by atoms with E-state index in [1.807, 2.05) is 0 Å². The van der Waals surface area contributed by atoms with Gasteiger partial charge >= 0.3 is 6.18 Å². The predicted molar refractivity (Wildman–Crippen MR) is 147 cm³/mol. The summed E-state index contributed by atoms with van der Waals surface area (Å²) in [4.78, 5) is 39.6. The van der Waals surface area contributed by atoms with E-state index >= 15 is 0 Å². The van der Waals surface area contributed by atoms with Crippen LogP contribution in [0.5, 0.6) is 5.88 Å². The first-order chi connectivity index (χ1) is 19.4. The first-order valence-electron chi connectivity index (χ1n) is 12.6. The Morgan fingerprint density at radius 1 is 1.29 bits per heavy atom. The summed E-state index contributed by atoms with van der Waals surface area (Å²) in [6.45, 7) is 2.66. The smallest absolute Gasteiger partial charge is 0.408 e. The Hall–Kier alpha value is -3.85. The highest BCUT2D eigenvalue weighted by Crippen LogP contribution is 2.46. The molecule has 1 unspecified atom stereocenters. The number of nitrogens with one attached hydrogen (secondary N) is 1. The lowest BCUT2D eigenvalue weighted by Gasteiger charge is -2.29. The number of aliphatic imine (C=N–C) groups is 1. The maximum Gasteiger partial charge on any atom is 0.408 e. The molecule has 1 fully saturated rings. The quantitative estimate of drug-likeness (QED) is 0.161. The van der Waals surface area contributed by atoms with Gasteiger partial charge in [0, 0.05) is 13.0 Å². The largest absolute Gasteiger partial charge is 0.612 e. The van der Waals surface area contributed by atoms with Crippen LogP contribution < -0.4 is 15.0 Å². The van der Waals surface area contributed by atoms with Gasteiger partial charge in [-0.1, -0.05) is 0 Å². The number of carbonyl (C=O) groups is 1. The van der Waals surface area contributed by atoms with Crippen molar-refractivity contribution < 1.29 is 27.3 Å². The van der Waals surface area contributed by atoms with Crippen LogP contribution in [-0.2, 0) is 22.5 Å². The molecule has 0 amide bonds. The number of hydrogen-bond donors (Lipinski definition) is 1. The zero-order valence-corrected chi connectivity index (χ0v) is 23.9. The van der Waals surface area contributed by atoms with Crippen LogP contribution >= 0.6 is 0 Å². The summed E-state index contributed by atoms with van der Waals surface area (Å²) in [5, 5.41) is 2.84. The Balaban J connectivity index is 1.78. The third kappa shape index (κ3) is 6.90. The minimum Gasteiger partial charge on any atom is -0.612 e. The van der Waals surface area contributed by atoms with E-state index in [9.17, 15) is 22.5 Å². The second kappa shape index (κ2) is 12.3. The molecule has 3 aromatic rings. The molecule has 4 rings (SSSR count). The van der Waals surface area contributed by atoms with Gasteiger partial charge in [-0.3, -0.25) is 9.78 Å². The van der Waals surface area contributed by atoms with Crippen LogP contribution in [0.1, 0.15) is 42.8 Å². The molecule has 0 radical (unpaired) electrons. The molecule has 218 valence electrons. The number of methoxy groups -OCH3 is 1. The number of carbonyl (C=O) groups excluding carboxylic acids is 1. The lowest BCUT2D eigenvalue weighted by atomic mass is 10.1. The molecule has 0 aromatic carbocycles. The van der Waals surface area contributed by atoms with Gasteiger partial charge in [-0.25, -0.2) is 24.9 Å². The standard InChI is InChI=1S/C26H29F3N8O3S/c1-14-21(35-19(12-38)31-10-17-8-9-18(11-30-17)41(5)39)24(37(3)15(2)26(27,28)29)36-23(34-14)20-22(16-6-7-16)32-13-33-25(20)40-4/h8-9,11-13,15-16H,6-7,10H2,1-5H3,(H,31,35)/t15-,41?/m0/s1. The molecule has 2 atom stereocenters. The number of alkyl halides is 3. The van der Waals surface area contributed by atoms with Crippen molar-refractivity contribution in [1.82, 2.24) is 30.2 Å². The summed E-state index contributed by atoms with van der Waals surface area (Å²) >= 11 is -1.19. The molecule has 1 aliphatic carbocycles. The number of amidine groups is 1. The van der Waals surface area contributed by atoms with Gasteiger partial charge in [0.15, 0.2) is 28.7 Å². The molecular weight excluding hydrogens is 561 g/mol. The number of ether oxygens (including phenoxy) is 1. The van der Waals surface area contributed by atoms with Crippen molar-refractivity contribution in [2.24, 2.45) is 4.99 Å². The number of aldehydes is 1. The highest BCUT2D eigenvalue weighted by molar-refractivity contribution is 7.90. The van der Waals surface area contributed by atoms with E-state index in [2.05, 4.69) is 35.2 Å². The lowest BCUT2D eigenvalue weighted by Crippen LogP contribution is -2.41. The fourth-order valence-electron chi connectivity index (χ4n) is 3.95. The van der Waals surface area contributed by atoms with Crippen molar-refractivity contribution in [2.75, 3.05) is 25.3 Å². The van der Waals surface area contributed by atoms with Crippen molar-refractivity contribution in [3.05, 3.63) is 41.7 Å². The molecule has 0 aliphatic heterocycles. The van der Waals surface area contributed by atoms with Crippen LogP contribution in [0, 0.1) is 6.92 Å². The van der Waals surface area contributed by atoms with Gasteiger partial charge in [0.25, 0.3) is 0 Å². The molecule has 3 aromatic heterocycles. The van der Waals surface area contributed by atoms with Gasteiger partial charge in [-0.05, 0) is 50.0 Å². The topological polar surface area (TPSA) is 141 Å². The van der Waals surface area contributed by atoms with Crippen molar-refractivity contribution in [1.29, 1.82) is 0 Å². The molecule has 15 heteroatoms. The van der Waals surface area contributed by atoms with Crippen LogP contribution in [0.25, 0.3) is 11.4 Å². The summed E-state index contributed by atoms with van der Waals surface area (Å²) in [6.07, 6.45) is 2.02. The SMILES string of the molecule is COc1ncnc(C2CC2)c1-c1nc(C)c(/N=C(\C=O)NCc2ccc([S+](C)[O-])cn2)c(N(C)[C@@H](C)C(F)(F)F)n1. The minimum absolute atomic E-state index is 0.0181. The van der Waals surface area contributed by atoms with Gasteiger partial charge in [0.2, 0.25) is 5.88 Å². The van der Waals surface area contributed by atoms with Crippen LogP contribution in [-0.4, -0.2) is 74.2 Å². The third-order valence-electron chi connectivity index (χ3n) is 6.58. The van der Waals surface area contributed by atoms with Crippen molar-refractivity contribution >= 4 is 34.8 Å². The highest BCUT2D eigenvalue weighted by Gasteiger charge is 2.40. The number of anilines is 1. The third-order valence-corrected chi connectivity index (χ3v) is 7.48. The number of nitrogens with zero attached hydrogens (tertiary/aromatic N) is 7. The Morgan fingerprint density at radius 2 is 2.02 bits per heavy atom. The van der Waals surface area contributed by atoms with Gasteiger partial charge in [0.05, 0.1) is 36.9 Å². The van der Waals surface area contributed by atoms with Crippen LogP contribution in [0.2, 0.25) is 0 Å². The molecule has 11 nitrogen and oxygen atoms in total. The zero-order chi connectivity index (χ0) is 29.9. The summed E-state index contributed by atoms with van der Waals surface area (Å²) in [5.41, 5.74) is 1.81. The number of aromatic nitrogens is 5. The summed E-state index contributed by atoms with van der Waals surface area (Å²) in [7, 11) is 2.68.